The van der Waals surface area contributed by atoms with E-state index < -0.39 is 0 Å². The number of nitrogens with one attached hydrogen (secondary N) is 2. The first-order chi connectivity index (χ1) is 14.9. The van der Waals surface area contributed by atoms with Crippen molar-refractivity contribution in [2.45, 2.75) is 38.8 Å². The summed E-state index contributed by atoms with van der Waals surface area (Å²) in [6.45, 7) is 3.87. The normalized spacial score (nSPS) is 16.4. The molecule has 31 heavy (non-hydrogen) atoms. The Kier molecular flexibility index (Phi) is 6.13. The molecule has 4 amide bonds. The van der Waals surface area contributed by atoms with Crippen molar-refractivity contribution >= 4 is 35.3 Å². The molecule has 0 unspecified atom stereocenters. The fourth-order valence-electron chi connectivity index (χ4n) is 4.10. The van der Waals surface area contributed by atoms with E-state index in [4.69, 9.17) is 11.6 Å². The highest BCUT2D eigenvalue weighted by Gasteiger charge is 2.36. The van der Waals surface area contributed by atoms with Crippen LogP contribution in [0.3, 0.4) is 0 Å². The molecule has 164 valence electrons. The van der Waals surface area contributed by atoms with Gasteiger partial charge >= 0.3 is 12.1 Å². The van der Waals surface area contributed by atoms with Crippen LogP contribution in [0.1, 0.15) is 30.8 Å². The summed E-state index contributed by atoms with van der Waals surface area (Å²) < 4.78 is 1.66. The van der Waals surface area contributed by atoms with Gasteiger partial charge in [-0.05, 0) is 44.0 Å². The van der Waals surface area contributed by atoms with Gasteiger partial charge in [-0.2, -0.15) is 0 Å². The molecule has 2 aliphatic heterocycles. The number of benzene rings is 1. The Bertz CT molecular complexity index is 982. The highest BCUT2D eigenvalue weighted by atomic mass is 35.5. The summed E-state index contributed by atoms with van der Waals surface area (Å²) in [7, 11) is 0. The smallest absolute Gasteiger partial charge is 0.330 e. The zero-order chi connectivity index (χ0) is 22.0. The molecule has 2 N–H and O–H groups in total. The molecule has 3 heterocycles. The summed E-state index contributed by atoms with van der Waals surface area (Å²) in [5.74, 6) is 0.715. The van der Waals surface area contributed by atoms with Gasteiger partial charge in [0.15, 0.2) is 0 Å². The lowest BCUT2D eigenvalue weighted by Crippen LogP contribution is -2.47. The first-order valence-electron chi connectivity index (χ1n) is 10.3. The Labute approximate surface area is 185 Å². The number of carbonyl (C=O) groups excluding carboxylic acids is 3. The lowest BCUT2D eigenvalue weighted by molar-refractivity contribution is -0.132. The van der Waals surface area contributed by atoms with Crippen LogP contribution >= 0.6 is 11.6 Å². The van der Waals surface area contributed by atoms with E-state index in [1.54, 1.807) is 35.0 Å². The summed E-state index contributed by atoms with van der Waals surface area (Å²) in [6, 6.07) is 6.53. The number of anilines is 1. The number of urea groups is 1. The summed E-state index contributed by atoms with van der Waals surface area (Å²) in [5.41, 5.74) is 1.55. The molecule has 0 spiro atoms. The summed E-state index contributed by atoms with van der Waals surface area (Å²) in [5, 5.41) is 5.98. The van der Waals surface area contributed by atoms with Crippen LogP contribution < -0.4 is 10.6 Å². The molecular formula is C21H25ClN6O3. The highest BCUT2D eigenvalue weighted by Crippen LogP contribution is 2.26. The van der Waals surface area contributed by atoms with E-state index in [9.17, 15) is 14.4 Å². The van der Waals surface area contributed by atoms with Crippen molar-refractivity contribution in [2.75, 3.05) is 25.0 Å². The minimum absolute atomic E-state index is 0.00398. The molecule has 9 nitrogen and oxygen atoms in total. The van der Waals surface area contributed by atoms with Crippen molar-refractivity contribution < 1.29 is 14.4 Å². The fraction of sp³-hybridized carbons (Fsp3) is 0.429. The Morgan fingerprint density at radius 2 is 1.90 bits per heavy atom. The number of piperidine rings is 1. The number of imidazole rings is 1. The lowest BCUT2D eigenvalue weighted by Gasteiger charge is -2.36. The number of amides is 4. The van der Waals surface area contributed by atoms with Crippen molar-refractivity contribution in [3.05, 3.63) is 47.0 Å². The van der Waals surface area contributed by atoms with Gasteiger partial charge in [0.2, 0.25) is 5.91 Å². The van der Waals surface area contributed by atoms with Crippen molar-refractivity contribution in [3.8, 4) is 0 Å². The molecule has 1 aromatic carbocycles. The molecule has 2 aromatic rings. The van der Waals surface area contributed by atoms with Gasteiger partial charge in [-0.25, -0.2) is 14.6 Å². The Hall–Kier alpha value is -3.07. The molecule has 0 bridgehead atoms. The van der Waals surface area contributed by atoms with Crippen molar-refractivity contribution in [2.24, 2.45) is 0 Å². The van der Waals surface area contributed by atoms with Gasteiger partial charge in [0.1, 0.15) is 5.82 Å². The van der Waals surface area contributed by atoms with Crippen LogP contribution in [-0.4, -0.2) is 63.0 Å². The van der Waals surface area contributed by atoms with E-state index >= 15 is 0 Å². The average molecular weight is 445 g/mol. The largest absolute Gasteiger partial charge is 0.342 e. The van der Waals surface area contributed by atoms with Crippen molar-refractivity contribution in [1.29, 1.82) is 0 Å². The number of fused-ring (bicyclic) bond motifs is 1. The number of halogens is 1. The summed E-state index contributed by atoms with van der Waals surface area (Å²) >= 11 is 5.82. The Balaban J connectivity index is 1.18. The van der Waals surface area contributed by atoms with Gasteiger partial charge in [0, 0.05) is 42.8 Å². The second-order valence-electron chi connectivity index (χ2n) is 7.79. The quantitative estimate of drug-likeness (QED) is 0.740. The first-order valence-corrected chi connectivity index (χ1v) is 10.7. The second kappa shape index (κ2) is 8.97. The topological polar surface area (TPSA) is 99.6 Å². The van der Waals surface area contributed by atoms with Gasteiger partial charge < -0.3 is 20.4 Å². The molecule has 1 aromatic heterocycles. The van der Waals surface area contributed by atoms with Crippen LogP contribution in [0.2, 0.25) is 5.02 Å². The molecule has 0 atom stereocenters. The average Bonchev–Trinajstić information content (AvgIpc) is 3.29. The number of aromatic nitrogens is 2. The van der Waals surface area contributed by atoms with E-state index in [0.717, 1.165) is 18.5 Å². The van der Waals surface area contributed by atoms with Crippen LogP contribution in [0.5, 0.6) is 0 Å². The minimum atomic E-state index is -0.366. The number of carbonyl (C=O) groups is 3. The number of aryl methyl sites for hydroxylation is 1. The third-order valence-corrected chi connectivity index (χ3v) is 6.02. The maximum atomic E-state index is 12.7. The van der Waals surface area contributed by atoms with Gasteiger partial charge in [-0.3, -0.25) is 9.36 Å². The van der Waals surface area contributed by atoms with E-state index in [1.165, 1.54) is 0 Å². The van der Waals surface area contributed by atoms with Gasteiger partial charge in [-0.15, -0.1) is 0 Å². The second-order valence-corrected chi connectivity index (χ2v) is 8.23. The van der Waals surface area contributed by atoms with E-state index in [-0.39, 0.29) is 37.0 Å². The molecule has 1 fully saturated rings. The number of likely N-dealkylation sites (tertiary alicyclic amines) is 1. The number of hydrogen-bond acceptors (Lipinski definition) is 4. The van der Waals surface area contributed by atoms with Crippen molar-refractivity contribution in [3.63, 3.8) is 0 Å². The lowest BCUT2D eigenvalue weighted by atomic mass is 10.0. The van der Waals surface area contributed by atoms with Crippen LogP contribution in [0.4, 0.5) is 15.3 Å². The third kappa shape index (κ3) is 4.66. The maximum Gasteiger partial charge on any atom is 0.330 e. The van der Waals surface area contributed by atoms with E-state index in [1.807, 2.05) is 16.7 Å². The molecule has 4 rings (SSSR count). The monoisotopic (exact) mass is 444 g/mol. The fourth-order valence-corrected chi connectivity index (χ4v) is 4.22. The van der Waals surface area contributed by atoms with E-state index in [0.29, 0.717) is 36.2 Å². The number of nitrogens with zero attached hydrogens (tertiary/aromatic N) is 4. The molecule has 10 heteroatoms. The SMILES string of the molecule is Cc1ncc2n1C(=O)N(C1CCN(C(=O)CCNC(=O)Nc3ccc(Cl)cc3)CC1)C2. The zero-order valence-electron chi connectivity index (χ0n) is 17.3. The predicted octanol–water partition coefficient (Wildman–Crippen LogP) is 2.83. The molecule has 0 aliphatic carbocycles. The van der Waals surface area contributed by atoms with Crippen LogP contribution in [0, 0.1) is 6.92 Å². The van der Waals surface area contributed by atoms with Crippen LogP contribution in [0.15, 0.2) is 30.5 Å². The highest BCUT2D eigenvalue weighted by molar-refractivity contribution is 6.30. The number of rotatable bonds is 5. The molecular weight excluding hydrogens is 420 g/mol. The third-order valence-electron chi connectivity index (χ3n) is 5.77. The summed E-state index contributed by atoms with van der Waals surface area (Å²) in [6.07, 6.45) is 3.48. The molecule has 1 saturated heterocycles. The predicted molar refractivity (Wildman–Crippen MR) is 116 cm³/mol. The Morgan fingerprint density at radius 1 is 1.19 bits per heavy atom. The van der Waals surface area contributed by atoms with Gasteiger partial charge in [0.05, 0.1) is 18.4 Å². The van der Waals surface area contributed by atoms with Gasteiger partial charge in [0.25, 0.3) is 0 Å². The van der Waals surface area contributed by atoms with Gasteiger partial charge in [-0.1, -0.05) is 11.6 Å². The van der Waals surface area contributed by atoms with Crippen molar-refractivity contribution in [1.82, 2.24) is 24.7 Å². The zero-order valence-corrected chi connectivity index (χ0v) is 18.1. The number of hydrogen-bond donors (Lipinski definition) is 2. The molecule has 2 aliphatic rings. The molecule has 0 radical (unpaired) electrons. The Morgan fingerprint density at radius 3 is 2.58 bits per heavy atom. The van der Waals surface area contributed by atoms with E-state index in [2.05, 4.69) is 15.6 Å². The van der Waals surface area contributed by atoms with Crippen LogP contribution in [0.25, 0.3) is 0 Å². The first kappa shape index (κ1) is 21.2. The molecule has 0 saturated carbocycles. The van der Waals surface area contributed by atoms with Crippen LogP contribution in [-0.2, 0) is 11.3 Å². The standard InChI is InChI=1S/C21H25ClN6O3/c1-14-24-12-18-13-27(21(31)28(14)18)17-7-10-26(11-8-17)19(29)6-9-23-20(30)25-16-4-2-15(22)3-5-16/h2-5,12,17H,6-11,13H2,1H3,(H2,23,25,30). The summed E-state index contributed by atoms with van der Waals surface area (Å²) in [4.78, 5) is 45.0. The maximum absolute atomic E-state index is 12.7. The minimum Gasteiger partial charge on any atom is -0.342 e.